The van der Waals surface area contributed by atoms with E-state index in [1.807, 2.05) is 0 Å². The summed E-state index contributed by atoms with van der Waals surface area (Å²) in [6.07, 6.45) is 0. The van der Waals surface area contributed by atoms with Crippen molar-refractivity contribution in [1.29, 1.82) is 0 Å². The Morgan fingerprint density at radius 3 is 2.90 bits per heavy atom. The van der Waals surface area contributed by atoms with Gasteiger partial charge in [0.25, 0.3) is 5.91 Å². The zero-order valence-electron chi connectivity index (χ0n) is 5.38. The lowest BCUT2D eigenvalue weighted by Gasteiger charge is -1.92. The van der Waals surface area contributed by atoms with Crippen molar-refractivity contribution in [3.63, 3.8) is 0 Å². The largest absolute Gasteiger partial charge is 0.380 e. The second-order valence-electron chi connectivity index (χ2n) is 1.65. The van der Waals surface area contributed by atoms with Crippen LogP contribution in [0.4, 0.5) is 5.82 Å². The predicted octanol–water partition coefficient (Wildman–Crippen LogP) is -1.25. The van der Waals surface area contributed by atoms with E-state index in [1.54, 1.807) is 0 Å². The minimum atomic E-state index is -0.317. The summed E-state index contributed by atoms with van der Waals surface area (Å²) in [4.78, 5) is 10.8. The zero-order valence-corrected chi connectivity index (χ0v) is 5.38. The summed E-state index contributed by atoms with van der Waals surface area (Å²) in [7, 11) is 1.50. The number of nitrogens with one attached hydrogen (secondary N) is 2. The number of carbonyl (C=O) groups is 1. The van der Waals surface area contributed by atoms with Crippen LogP contribution in [0.3, 0.4) is 0 Å². The van der Waals surface area contributed by atoms with Gasteiger partial charge in [-0.2, -0.15) is 0 Å². The molecule has 1 aromatic rings. The number of hydrogen-bond donors (Lipinski definition) is 3. The van der Waals surface area contributed by atoms with Gasteiger partial charge >= 0.3 is 0 Å². The molecule has 6 heteroatoms. The normalized spacial score (nSPS) is 9.30. The van der Waals surface area contributed by atoms with Gasteiger partial charge in [-0.1, -0.05) is 5.21 Å². The number of anilines is 1. The number of nitrogen functional groups attached to an aromatic ring is 1. The lowest BCUT2D eigenvalue weighted by molar-refractivity contribution is 0.0959. The third kappa shape index (κ3) is 0.903. The summed E-state index contributed by atoms with van der Waals surface area (Å²) >= 11 is 0. The highest BCUT2D eigenvalue weighted by atomic mass is 16.1. The summed E-state index contributed by atoms with van der Waals surface area (Å²) in [6.45, 7) is 0. The van der Waals surface area contributed by atoms with Crippen molar-refractivity contribution in [3.05, 3.63) is 5.69 Å². The molecule has 0 bridgehead atoms. The maximum absolute atomic E-state index is 10.8. The van der Waals surface area contributed by atoms with Gasteiger partial charge in [-0.05, 0) is 0 Å². The molecule has 1 aromatic heterocycles. The van der Waals surface area contributed by atoms with Crippen LogP contribution in [0.2, 0.25) is 0 Å². The molecule has 0 radical (unpaired) electrons. The van der Waals surface area contributed by atoms with Crippen LogP contribution in [0.25, 0.3) is 0 Å². The van der Waals surface area contributed by atoms with Crippen LogP contribution < -0.4 is 11.1 Å². The minimum absolute atomic E-state index is 0.111. The molecule has 54 valence electrons. The maximum Gasteiger partial charge on any atom is 0.272 e. The van der Waals surface area contributed by atoms with Gasteiger partial charge < -0.3 is 11.1 Å². The summed E-state index contributed by atoms with van der Waals surface area (Å²) in [5, 5.41) is 11.5. The van der Waals surface area contributed by atoms with Crippen molar-refractivity contribution in [1.82, 2.24) is 20.7 Å². The Labute approximate surface area is 56.8 Å². The highest BCUT2D eigenvalue weighted by Gasteiger charge is 2.09. The molecular weight excluding hydrogens is 134 g/mol. The molecule has 0 aliphatic rings. The number of hydrogen-bond acceptors (Lipinski definition) is 4. The van der Waals surface area contributed by atoms with E-state index in [0.717, 1.165) is 0 Å². The predicted molar refractivity (Wildman–Crippen MR) is 34.2 cm³/mol. The third-order valence-corrected chi connectivity index (χ3v) is 1.03. The Morgan fingerprint density at radius 1 is 1.80 bits per heavy atom. The topological polar surface area (TPSA) is 96.7 Å². The molecule has 0 fully saturated rings. The molecule has 0 atom stereocenters. The molecule has 0 aliphatic carbocycles. The fourth-order valence-electron chi connectivity index (χ4n) is 0.528. The van der Waals surface area contributed by atoms with Gasteiger partial charge in [0.15, 0.2) is 11.5 Å². The van der Waals surface area contributed by atoms with Crippen molar-refractivity contribution in [2.75, 3.05) is 12.8 Å². The van der Waals surface area contributed by atoms with Crippen LogP contribution in [-0.2, 0) is 0 Å². The number of nitrogens with two attached hydrogens (primary N) is 1. The SMILES string of the molecule is CNC(=O)c1[nH]nnc1N. The first-order valence-electron chi connectivity index (χ1n) is 2.64. The van der Waals surface area contributed by atoms with E-state index in [-0.39, 0.29) is 17.4 Å². The van der Waals surface area contributed by atoms with Gasteiger partial charge in [-0.3, -0.25) is 9.89 Å². The van der Waals surface area contributed by atoms with Crippen molar-refractivity contribution < 1.29 is 4.79 Å². The molecule has 10 heavy (non-hydrogen) atoms. The van der Waals surface area contributed by atoms with Crippen molar-refractivity contribution in [2.24, 2.45) is 0 Å². The number of carbonyl (C=O) groups excluding carboxylic acids is 1. The van der Waals surface area contributed by atoms with Crippen molar-refractivity contribution in [3.8, 4) is 0 Å². The Bertz CT molecular complexity index is 242. The standard InChI is InChI=1S/C4H7N5O/c1-6-4(10)2-3(5)8-9-7-2/h1H3,(H,6,10)(H3,5,7,8,9). The average Bonchev–Trinajstić information content (AvgIpc) is 2.34. The van der Waals surface area contributed by atoms with Crippen LogP contribution in [0.5, 0.6) is 0 Å². The monoisotopic (exact) mass is 141 g/mol. The molecule has 0 saturated heterocycles. The second kappa shape index (κ2) is 2.34. The number of H-pyrrole nitrogens is 1. The van der Waals surface area contributed by atoms with Gasteiger partial charge in [-0.25, -0.2) is 0 Å². The van der Waals surface area contributed by atoms with E-state index in [0.29, 0.717) is 0 Å². The minimum Gasteiger partial charge on any atom is -0.380 e. The Kier molecular flexibility index (Phi) is 1.53. The summed E-state index contributed by atoms with van der Waals surface area (Å²) < 4.78 is 0. The first-order valence-corrected chi connectivity index (χ1v) is 2.64. The van der Waals surface area contributed by atoms with Gasteiger partial charge in [-0.15, -0.1) is 5.10 Å². The van der Waals surface area contributed by atoms with Gasteiger partial charge in [0.05, 0.1) is 0 Å². The van der Waals surface area contributed by atoms with E-state index in [1.165, 1.54) is 7.05 Å². The van der Waals surface area contributed by atoms with E-state index >= 15 is 0 Å². The zero-order chi connectivity index (χ0) is 7.56. The van der Waals surface area contributed by atoms with E-state index in [4.69, 9.17) is 5.73 Å². The summed E-state index contributed by atoms with van der Waals surface area (Å²) in [6, 6.07) is 0. The van der Waals surface area contributed by atoms with Crippen molar-refractivity contribution >= 4 is 11.7 Å². The highest BCUT2D eigenvalue weighted by Crippen LogP contribution is 1.99. The second-order valence-corrected chi connectivity index (χ2v) is 1.65. The van der Waals surface area contributed by atoms with Gasteiger partial charge in [0.2, 0.25) is 0 Å². The number of rotatable bonds is 1. The number of nitrogens with zero attached hydrogens (tertiary/aromatic N) is 2. The van der Waals surface area contributed by atoms with Gasteiger partial charge in [0, 0.05) is 7.05 Å². The maximum atomic E-state index is 10.8. The van der Waals surface area contributed by atoms with Crippen LogP contribution in [0.1, 0.15) is 10.5 Å². The Morgan fingerprint density at radius 2 is 2.50 bits per heavy atom. The third-order valence-electron chi connectivity index (χ3n) is 1.03. The molecule has 1 amide bonds. The molecule has 0 aromatic carbocycles. The Balaban J connectivity index is 2.93. The average molecular weight is 141 g/mol. The Hall–Kier alpha value is -1.59. The number of aromatic amines is 1. The lowest BCUT2D eigenvalue weighted by atomic mass is 10.4. The molecule has 0 aliphatic heterocycles. The van der Waals surface area contributed by atoms with E-state index in [9.17, 15) is 4.79 Å². The first-order chi connectivity index (χ1) is 4.75. The lowest BCUT2D eigenvalue weighted by Crippen LogP contribution is -2.19. The molecule has 6 nitrogen and oxygen atoms in total. The van der Waals surface area contributed by atoms with Crippen molar-refractivity contribution in [2.45, 2.75) is 0 Å². The van der Waals surface area contributed by atoms with Gasteiger partial charge in [0.1, 0.15) is 0 Å². The van der Waals surface area contributed by atoms with Crippen LogP contribution >= 0.6 is 0 Å². The fraction of sp³-hybridized carbons (Fsp3) is 0.250. The summed E-state index contributed by atoms with van der Waals surface area (Å²) in [5.74, 6) is -0.207. The number of aromatic nitrogens is 3. The molecule has 1 heterocycles. The van der Waals surface area contributed by atoms with E-state index < -0.39 is 0 Å². The smallest absolute Gasteiger partial charge is 0.272 e. The molecule has 0 spiro atoms. The molecular formula is C4H7N5O. The first kappa shape index (κ1) is 6.53. The highest BCUT2D eigenvalue weighted by molar-refractivity contribution is 5.95. The molecule has 4 N–H and O–H groups in total. The van der Waals surface area contributed by atoms with Crippen LogP contribution in [0, 0.1) is 0 Å². The fourth-order valence-corrected chi connectivity index (χ4v) is 0.528. The molecule has 0 saturated carbocycles. The quantitative estimate of drug-likeness (QED) is 0.455. The summed E-state index contributed by atoms with van der Waals surface area (Å²) in [5.41, 5.74) is 5.45. The molecule has 1 rings (SSSR count). The van der Waals surface area contributed by atoms with Crippen LogP contribution in [-0.4, -0.2) is 28.4 Å². The number of amides is 1. The molecule has 0 unspecified atom stereocenters. The van der Waals surface area contributed by atoms with Crippen LogP contribution in [0.15, 0.2) is 0 Å². The van der Waals surface area contributed by atoms with E-state index in [2.05, 4.69) is 20.7 Å².